The van der Waals surface area contributed by atoms with Gasteiger partial charge in [0.25, 0.3) is 0 Å². The molecule has 134 valence electrons. The van der Waals surface area contributed by atoms with Crippen LogP contribution in [0.15, 0.2) is 66.9 Å². The molecule has 1 aromatic heterocycles. The van der Waals surface area contributed by atoms with Crippen molar-refractivity contribution in [1.29, 1.82) is 0 Å². The fourth-order valence-electron chi connectivity index (χ4n) is 2.36. The van der Waals surface area contributed by atoms with Crippen LogP contribution in [0.1, 0.15) is 22.4 Å². The first-order valence-electron chi connectivity index (χ1n) is 8.37. The lowest BCUT2D eigenvalue weighted by Gasteiger charge is -2.06. The van der Waals surface area contributed by atoms with E-state index in [-0.39, 0.29) is 6.61 Å². The van der Waals surface area contributed by atoms with Gasteiger partial charge in [-0.2, -0.15) is 0 Å². The molecule has 0 radical (unpaired) electrons. The number of benzene rings is 2. The Kier molecular flexibility index (Phi) is 5.88. The second-order valence-electron chi connectivity index (χ2n) is 5.82. The molecule has 0 atom stereocenters. The number of aryl methyl sites for hydroxylation is 1. The SMILES string of the molecule is Cc1nn(OCc2ccccc2)cc1CNC(=O)OCc1ccccc1. The molecule has 0 bridgehead atoms. The van der Waals surface area contributed by atoms with Crippen molar-refractivity contribution in [2.24, 2.45) is 0 Å². The Morgan fingerprint density at radius 1 is 1.00 bits per heavy atom. The predicted octanol–water partition coefficient (Wildman–Crippen LogP) is 3.25. The van der Waals surface area contributed by atoms with Gasteiger partial charge in [-0.1, -0.05) is 60.7 Å². The van der Waals surface area contributed by atoms with E-state index in [2.05, 4.69) is 10.4 Å². The van der Waals surface area contributed by atoms with Crippen molar-refractivity contribution in [2.45, 2.75) is 26.7 Å². The van der Waals surface area contributed by atoms with E-state index in [0.717, 1.165) is 22.4 Å². The standard InChI is InChI=1S/C20H21N3O3/c1-16-19(12-21-20(24)25-14-17-8-4-2-5-9-17)13-23(22-16)26-15-18-10-6-3-7-11-18/h2-11,13H,12,14-15H2,1H3,(H,21,24). The van der Waals surface area contributed by atoms with Crippen LogP contribution < -0.4 is 10.2 Å². The molecule has 0 unspecified atom stereocenters. The Balaban J connectivity index is 1.46. The van der Waals surface area contributed by atoms with E-state index in [9.17, 15) is 4.79 Å². The zero-order valence-corrected chi connectivity index (χ0v) is 14.6. The number of alkyl carbamates (subject to hydrolysis) is 1. The third-order valence-corrected chi connectivity index (χ3v) is 3.82. The number of ether oxygens (including phenoxy) is 1. The maximum atomic E-state index is 11.8. The van der Waals surface area contributed by atoms with Gasteiger partial charge in [0.1, 0.15) is 13.2 Å². The van der Waals surface area contributed by atoms with Crippen LogP contribution in [-0.2, 0) is 24.5 Å². The normalized spacial score (nSPS) is 10.3. The molecule has 0 saturated carbocycles. The molecule has 0 saturated heterocycles. The summed E-state index contributed by atoms with van der Waals surface area (Å²) in [5.41, 5.74) is 3.67. The number of nitrogens with zero attached hydrogens (tertiary/aromatic N) is 2. The van der Waals surface area contributed by atoms with Gasteiger partial charge in [-0.05, 0) is 18.1 Å². The summed E-state index contributed by atoms with van der Waals surface area (Å²) in [6.07, 6.45) is 1.29. The summed E-state index contributed by atoms with van der Waals surface area (Å²) in [4.78, 5) is 18.9. The highest BCUT2D eigenvalue weighted by Crippen LogP contribution is 2.06. The zero-order valence-electron chi connectivity index (χ0n) is 14.6. The molecule has 0 aliphatic heterocycles. The second-order valence-corrected chi connectivity index (χ2v) is 5.82. The Labute approximate surface area is 152 Å². The van der Waals surface area contributed by atoms with Crippen molar-refractivity contribution in [3.8, 4) is 0 Å². The van der Waals surface area contributed by atoms with Crippen molar-refractivity contribution in [1.82, 2.24) is 15.3 Å². The lowest BCUT2D eigenvalue weighted by molar-refractivity contribution is 0.0693. The first kappa shape index (κ1) is 17.5. The molecule has 26 heavy (non-hydrogen) atoms. The number of aromatic nitrogens is 2. The molecule has 0 fully saturated rings. The van der Waals surface area contributed by atoms with E-state index >= 15 is 0 Å². The summed E-state index contributed by atoms with van der Waals surface area (Å²) in [5, 5.41) is 7.03. The van der Waals surface area contributed by atoms with E-state index in [1.54, 1.807) is 6.20 Å². The second kappa shape index (κ2) is 8.71. The monoisotopic (exact) mass is 351 g/mol. The van der Waals surface area contributed by atoms with Gasteiger partial charge in [-0.15, -0.1) is 9.94 Å². The lowest BCUT2D eigenvalue weighted by Crippen LogP contribution is -2.23. The first-order valence-corrected chi connectivity index (χ1v) is 8.37. The fraction of sp³-hybridized carbons (Fsp3) is 0.200. The number of carbonyl (C=O) groups is 1. The molecular weight excluding hydrogens is 330 g/mol. The number of nitrogens with one attached hydrogen (secondary N) is 1. The highest BCUT2D eigenvalue weighted by Gasteiger charge is 2.09. The smallest absolute Gasteiger partial charge is 0.407 e. The van der Waals surface area contributed by atoms with Crippen LogP contribution in [0, 0.1) is 6.92 Å². The molecule has 1 amide bonds. The van der Waals surface area contributed by atoms with Crippen molar-refractivity contribution in [3.05, 3.63) is 89.2 Å². The molecule has 3 rings (SSSR count). The van der Waals surface area contributed by atoms with Gasteiger partial charge < -0.3 is 14.9 Å². The van der Waals surface area contributed by atoms with Gasteiger partial charge in [0, 0.05) is 12.1 Å². The molecule has 0 aliphatic carbocycles. The zero-order chi connectivity index (χ0) is 18.2. The van der Waals surface area contributed by atoms with Gasteiger partial charge in [-0.25, -0.2) is 4.79 Å². The highest BCUT2D eigenvalue weighted by molar-refractivity contribution is 5.67. The minimum absolute atomic E-state index is 0.241. The van der Waals surface area contributed by atoms with Gasteiger partial charge >= 0.3 is 6.09 Å². The van der Waals surface area contributed by atoms with Crippen LogP contribution in [0.3, 0.4) is 0 Å². The van der Waals surface area contributed by atoms with E-state index in [1.165, 1.54) is 4.85 Å². The largest absolute Gasteiger partial charge is 0.445 e. The Morgan fingerprint density at radius 3 is 2.27 bits per heavy atom. The molecule has 2 aromatic carbocycles. The Hall–Kier alpha value is -3.28. The minimum Gasteiger partial charge on any atom is -0.445 e. The number of carbonyl (C=O) groups excluding carboxylic acids is 1. The number of rotatable bonds is 7. The number of amides is 1. The molecule has 1 N–H and O–H groups in total. The molecule has 0 spiro atoms. The summed E-state index contributed by atoms with van der Waals surface area (Å²) in [5.74, 6) is 0. The van der Waals surface area contributed by atoms with E-state index in [4.69, 9.17) is 9.57 Å². The third-order valence-electron chi connectivity index (χ3n) is 3.82. The van der Waals surface area contributed by atoms with Crippen molar-refractivity contribution in [2.75, 3.05) is 0 Å². The van der Waals surface area contributed by atoms with Crippen LogP contribution in [0.4, 0.5) is 4.79 Å². The molecule has 1 heterocycles. The minimum atomic E-state index is -0.466. The number of hydrogen-bond donors (Lipinski definition) is 1. The van der Waals surface area contributed by atoms with E-state index in [0.29, 0.717) is 13.2 Å². The third kappa shape index (κ3) is 5.11. The lowest BCUT2D eigenvalue weighted by atomic mass is 10.2. The van der Waals surface area contributed by atoms with Crippen LogP contribution >= 0.6 is 0 Å². The van der Waals surface area contributed by atoms with Gasteiger partial charge in [0.05, 0.1) is 11.9 Å². The summed E-state index contributed by atoms with van der Waals surface area (Å²) in [7, 11) is 0. The summed E-state index contributed by atoms with van der Waals surface area (Å²) >= 11 is 0. The maximum Gasteiger partial charge on any atom is 0.407 e. The van der Waals surface area contributed by atoms with Crippen LogP contribution in [-0.4, -0.2) is 16.0 Å². The Morgan fingerprint density at radius 2 is 1.62 bits per heavy atom. The average Bonchev–Trinajstić information content (AvgIpc) is 3.04. The maximum absolute atomic E-state index is 11.8. The topological polar surface area (TPSA) is 65.4 Å². The molecular formula is C20H21N3O3. The number of hydrogen-bond acceptors (Lipinski definition) is 4. The average molecular weight is 351 g/mol. The van der Waals surface area contributed by atoms with Crippen molar-refractivity contribution >= 4 is 6.09 Å². The van der Waals surface area contributed by atoms with Crippen molar-refractivity contribution in [3.63, 3.8) is 0 Å². The summed E-state index contributed by atoms with van der Waals surface area (Å²) < 4.78 is 5.19. The van der Waals surface area contributed by atoms with E-state index in [1.807, 2.05) is 67.6 Å². The van der Waals surface area contributed by atoms with Crippen LogP contribution in [0.5, 0.6) is 0 Å². The van der Waals surface area contributed by atoms with Gasteiger partial charge in [0.15, 0.2) is 0 Å². The predicted molar refractivity (Wildman–Crippen MR) is 97.2 cm³/mol. The molecule has 6 heteroatoms. The first-order chi connectivity index (χ1) is 12.7. The highest BCUT2D eigenvalue weighted by atomic mass is 16.7. The fourth-order valence-corrected chi connectivity index (χ4v) is 2.36. The Bertz CT molecular complexity index is 832. The molecule has 6 nitrogen and oxygen atoms in total. The van der Waals surface area contributed by atoms with E-state index < -0.39 is 6.09 Å². The molecule has 0 aliphatic rings. The van der Waals surface area contributed by atoms with Gasteiger partial charge in [-0.3, -0.25) is 0 Å². The van der Waals surface area contributed by atoms with Gasteiger partial charge in [0.2, 0.25) is 0 Å². The summed E-state index contributed by atoms with van der Waals surface area (Å²) in [6, 6.07) is 19.4. The van der Waals surface area contributed by atoms with Crippen LogP contribution in [0.2, 0.25) is 0 Å². The van der Waals surface area contributed by atoms with Crippen molar-refractivity contribution < 1.29 is 14.4 Å². The quantitative estimate of drug-likeness (QED) is 0.710. The van der Waals surface area contributed by atoms with Crippen LogP contribution in [0.25, 0.3) is 0 Å². The molecule has 3 aromatic rings. The summed E-state index contributed by atoms with van der Waals surface area (Å²) in [6.45, 7) is 2.86.